The first kappa shape index (κ1) is 17.8. The lowest BCUT2D eigenvalue weighted by Crippen LogP contribution is -2.46. The van der Waals surface area contributed by atoms with Crippen molar-refractivity contribution >= 4 is 11.7 Å². The van der Waals surface area contributed by atoms with Gasteiger partial charge in [0.15, 0.2) is 0 Å². The fourth-order valence-corrected chi connectivity index (χ4v) is 2.97. The number of likely N-dealkylation sites (tertiary alicyclic amines) is 1. The largest absolute Gasteiger partial charge is 0.396 e. The highest BCUT2D eigenvalue weighted by molar-refractivity contribution is 5.89. The van der Waals surface area contributed by atoms with Gasteiger partial charge in [-0.25, -0.2) is 4.79 Å². The average molecular weight is 320 g/mol. The Hall–Kier alpha value is -1.59. The zero-order valence-electron chi connectivity index (χ0n) is 14.2. The third kappa shape index (κ3) is 4.69. The molecule has 1 saturated heterocycles. The molecule has 5 nitrogen and oxygen atoms in total. The minimum absolute atomic E-state index is 0.00577. The Labute approximate surface area is 138 Å². The number of aliphatic hydroxyl groups is 1. The maximum Gasteiger partial charge on any atom is 0.321 e. The Bertz CT molecular complexity index is 505. The lowest BCUT2D eigenvalue weighted by atomic mass is 9.77. The number of urea groups is 1. The van der Waals surface area contributed by atoms with Gasteiger partial charge >= 0.3 is 6.03 Å². The van der Waals surface area contributed by atoms with Crippen LogP contribution in [0, 0.1) is 5.41 Å². The molecule has 0 unspecified atom stereocenters. The zero-order chi connectivity index (χ0) is 16.7. The second-order valence-corrected chi connectivity index (χ2v) is 6.27. The number of hydrogen-bond acceptors (Lipinski definition) is 3. The van der Waals surface area contributed by atoms with Crippen molar-refractivity contribution in [3.05, 3.63) is 29.8 Å². The summed E-state index contributed by atoms with van der Waals surface area (Å²) in [6.45, 7) is 6.89. The van der Waals surface area contributed by atoms with Gasteiger partial charge in [0.2, 0.25) is 0 Å². The van der Waals surface area contributed by atoms with Crippen LogP contribution in [0.3, 0.4) is 0 Å². The number of aliphatic hydroxyl groups excluding tert-OH is 1. The first-order valence-corrected chi connectivity index (χ1v) is 8.46. The summed E-state index contributed by atoms with van der Waals surface area (Å²) < 4.78 is 5.40. The third-order valence-electron chi connectivity index (χ3n) is 4.85. The number of nitrogens with zero attached hydrogens (tertiary/aromatic N) is 1. The number of rotatable bonds is 6. The summed E-state index contributed by atoms with van der Waals surface area (Å²) in [6, 6.07) is 7.68. The lowest BCUT2D eigenvalue weighted by Gasteiger charge is -2.40. The molecule has 1 aromatic carbocycles. The van der Waals surface area contributed by atoms with Gasteiger partial charge in [-0.3, -0.25) is 0 Å². The fraction of sp³-hybridized carbons (Fsp3) is 0.611. The van der Waals surface area contributed by atoms with E-state index in [0.29, 0.717) is 26.3 Å². The van der Waals surface area contributed by atoms with Crippen LogP contribution in [-0.2, 0) is 11.3 Å². The predicted molar refractivity (Wildman–Crippen MR) is 91.4 cm³/mol. The van der Waals surface area contributed by atoms with E-state index in [2.05, 4.69) is 12.2 Å². The number of carbonyl (C=O) groups excluding carboxylic acids is 1. The second-order valence-electron chi connectivity index (χ2n) is 6.27. The molecule has 1 aliphatic rings. The molecule has 128 valence electrons. The molecular formula is C18H28N2O3. The normalized spacial score (nSPS) is 17.1. The molecule has 1 aliphatic heterocycles. The number of amides is 2. The van der Waals surface area contributed by atoms with Crippen LogP contribution in [0.25, 0.3) is 0 Å². The molecule has 0 aromatic heterocycles. The fourth-order valence-electron chi connectivity index (χ4n) is 2.97. The van der Waals surface area contributed by atoms with Gasteiger partial charge in [-0.15, -0.1) is 0 Å². The molecule has 23 heavy (non-hydrogen) atoms. The minimum Gasteiger partial charge on any atom is -0.396 e. The highest BCUT2D eigenvalue weighted by Gasteiger charge is 2.33. The van der Waals surface area contributed by atoms with Crippen molar-refractivity contribution in [3.63, 3.8) is 0 Å². The highest BCUT2D eigenvalue weighted by Crippen LogP contribution is 2.34. The van der Waals surface area contributed by atoms with Gasteiger partial charge in [0.05, 0.1) is 6.61 Å². The number of hydrogen-bond donors (Lipinski definition) is 2. The van der Waals surface area contributed by atoms with Crippen LogP contribution in [0.15, 0.2) is 24.3 Å². The predicted octanol–water partition coefficient (Wildman–Crippen LogP) is 3.24. The summed E-state index contributed by atoms with van der Waals surface area (Å²) in [5.74, 6) is 0. The van der Waals surface area contributed by atoms with E-state index in [1.165, 1.54) is 0 Å². The van der Waals surface area contributed by atoms with Gasteiger partial charge in [-0.1, -0.05) is 19.1 Å². The smallest absolute Gasteiger partial charge is 0.321 e. The quantitative estimate of drug-likeness (QED) is 0.846. The molecule has 0 bridgehead atoms. The Morgan fingerprint density at radius 3 is 2.70 bits per heavy atom. The molecular weight excluding hydrogens is 292 g/mol. The number of ether oxygens (including phenoxy) is 1. The van der Waals surface area contributed by atoms with Crippen molar-refractivity contribution < 1.29 is 14.6 Å². The van der Waals surface area contributed by atoms with Crippen LogP contribution < -0.4 is 5.32 Å². The van der Waals surface area contributed by atoms with Gasteiger partial charge in [-0.2, -0.15) is 0 Å². The second kappa shape index (κ2) is 8.31. The molecule has 2 N–H and O–H groups in total. The monoisotopic (exact) mass is 320 g/mol. The van der Waals surface area contributed by atoms with Crippen LogP contribution >= 0.6 is 0 Å². The molecule has 1 aromatic rings. The molecule has 2 rings (SSSR count). The van der Waals surface area contributed by atoms with E-state index >= 15 is 0 Å². The van der Waals surface area contributed by atoms with Crippen molar-refractivity contribution in [2.45, 2.75) is 39.7 Å². The maximum atomic E-state index is 12.4. The molecule has 0 atom stereocenters. The van der Waals surface area contributed by atoms with E-state index in [1.807, 2.05) is 36.1 Å². The van der Waals surface area contributed by atoms with E-state index < -0.39 is 0 Å². The summed E-state index contributed by atoms with van der Waals surface area (Å²) in [6.07, 6.45) is 2.67. The van der Waals surface area contributed by atoms with Crippen molar-refractivity contribution in [1.82, 2.24) is 4.90 Å². The highest BCUT2D eigenvalue weighted by atomic mass is 16.5. The minimum atomic E-state index is -0.0683. The first-order valence-electron chi connectivity index (χ1n) is 8.46. The van der Waals surface area contributed by atoms with E-state index in [-0.39, 0.29) is 18.1 Å². The molecule has 0 aliphatic carbocycles. The van der Waals surface area contributed by atoms with Gasteiger partial charge in [0.1, 0.15) is 0 Å². The summed E-state index contributed by atoms with van der Waals surface area (Å²) >= 11 is 0. The van der Waals surface area contributed by atoms with E-state index in [4.69, 9.17) is 4.74 Å². The Balaban J connectivity index is 1.90. The van der Waals surface area contributed by atoms with E-state index in [1.54, 1.807) is 0 Å². The van der Waals surface area contributed by atoms with Gasteiger partial charge in [0.25, 0.3) is 0 Å². The van der Waals surface area contributed by atoms with Gasteiger partial charge < -0.3 is 20.1 Å². The third-order valence-corrected chi connectivity index (χ3v) is 4.85. The van der Waals surface area contributed by atoms with Crippen LogP contribution in [0.5, 0.6) is 0 Å². The van der Waals surface area contributed by atoms with Crippen LogP contribution in [0.1, 0.15) is 38.7 Å². The molecule has 0 saturated carbocycles. The molecule has 2 amide bonds. The van der Waals surface area contributed by atoms with Gasteiger partial charge in [-0.05, 0) is 49.3 Å². The van der Waals surface area contributed by atoms with Crippen molar-refractivity contribution in [1.29, 1.82) is 0 Å². The zero-order valence-corrected chi connectivity index (χ0v) is 14.2. The van der Waals surface area contributed by atoms with Gasteiger partial charge in [0, 0.05) is 32.0 Å². The summed E-state index contributed by atoms with van der Waals surface area (Å²) in [4.78, 5) is 14.2. The Morgan fingerprint density at radius 2 is 2.09 bits per heavy atom. The topological polar surface area (TPSA) is 61.8 Å². The summed E-state index contributed by atoms with van der Waals surface area (Å²) in [5.41, 5.74) is 1.84. The number of carbonyl (C=O) groups is 1. The first-order chi connectivity index (χ1) is 11.1. The van der Waals surface area contributed by atoms with Crippen LogP contribution in [0.4, 0.5) is 10.5 Å². The Morgan fingerprint density at radius 1 is 1.35 bits per heavy atom. The van der Waals surface area contributed by atoms with E-state index in [9.17, 15) is 9.90 Å². The summed E-state index contributed by atoms with van der Waals surface area (Å²) in [5, 5.41) is 12.5. The lowest BCUT2D eigenvalue weighted by molar-refractivity contribution is 0.0542. The van der Waals surface area contributed by atoms with E-state index in [0.717, 1.165) is 30.5 Å². The number of benzene rings is 1. The number of anilines is 1. The van der Waals surface area contributed by atoms with Crippen molar-refractivity contribution in [2.24, 2.45) is 5.41 Å². The molecule has 1 heterocycles. The molecule has 1 fully saturated rings. The van der Waals surface area contributed by atoms with Crippen molar-refractivity contribution in [3.8, 4) is 0 Å². The SMILES string of the molecule is CCOCc1cccc(NC(=O)N2CCC(CC)(CO)CC2)c1. The van der Waals surface area contributed by atoms with Crippen LogP contribution in [-0.4, -0.2) is 42.3 Å². The number of nitrogens with one attached hydrogen (secondary N) is 1. The maximum absolute atomic E-state index is 12.4. The summed E-state index contributed by atoms with van der Waals surface area (Å²) in [7, 11) is 0. The van der Waals surface area contributed by atoms with Crippen LogP contribution in [0.2, 0.25) is 0 Å². The number of piperidine rings is 1. The Kier molecular flexibility index (Phi) is 6.42. The molecule has 0 spiro atoms. The standard InChI is InChI=1S/C18H28N2O3/c1-3-18(14-21)8-10-20(11-9-18)17(22)19-16-7-5-6-15(12-16)13-23-4-2/h5-7,12,21H,3-4,8-11,13-14H2,1-2H3,(H,19,22). The average Bonchev–Trinajstić information content (AvgIpc) is 2.60. The van der Waals surface area contributed by atoms with Crippen molar-refractivity contribution in [2.75, 3.05) is 31.6 Å². The molecule has 5 heteroatoms. The molecule has 0 radical (unpaired) electrons.